The molecule has 1 N–H and O–H groups in total. The zero-order chi connectivity index (χ0) is 23.1. The smallest absolute Gasteiger partial charge is 0.337 e. The summed E-state index contributed by atoms with van der Waals surface area (Å²) in [5, 5.41) is 10.1. The van der Waals surface area contributed by atoms with Crippen molar-refractivity contribution in [3.63, 3.8) is 0 Å². The van der Waals surface area contributed by atoms with Crippen molar-refractivity contribution in [1.82, 2.24) is 9.97 Å². The lowest BCUT2D eigenvalue weighted by Gasteiger charge is -2.24. The van der Waals surface area contributed by atoms with Gasteiger partial charge in [0.25, 0.3) is 0 Å². The lowest BCUT2D eigenvalue weighted by molar-refractivity contribution is 0.0696. The van der Waals surface area contributed by atoms with Crippen molar-refractivity contribution in [2.24, 2.45) is 0 Å². The molecule has 32 heavy (non-hydrogen) atoms. The van der Waals surface area contributed by atoms with Gasteiger partial charge in [-0.3, -0.25) is 9.97 Å². The van der Waals surface area contributed by atoms with Gasteiger partial charge >= 0.3 is 5.97 Å². The zero-order valence-electron chi connectivity index (χ0n) is 17.9. The summed E-state index contributed by atoms with van der Waals surface area (Å²) in [4.78, 5) is 19.9. The third-order valence-electron chi connectivity index (χ3n) is 5.82. The second-order valence-electron chi connectivity index (χ2n) is 8.23. The van der Waals surface area contributed by atoms with Crippen molar-refractivity contribution in [2.45, 2.75) is 18.6 Å². The Hall–Kier alpha value is -3.58. The SMILES string of the molecule is CC(C)(c1cc(-c2cccc(-c3cncc(C(=O)O)c3)c2)c2ncccc2c1)S(C)(=O)=O. The van der Waals surface area contributed by atoms with Gasteiger partial charge in [-0.25, -0.2) is 13.2 Å². The van der Waals surface area contributed by atoms with Gasteiger partial charge in [-0.05, 0) is 60.9 Å². The van der Waals surface area contributed by atoms with Crippen molar-refractivity contribution >= 4 is 26.7 Å². The molecule has 4 aromatic rings. The number of aromatic carboxylic acids is 1. The number of rotatable bonds is 5. The van der Waals surface area contributed by atoms with Crippen molar-refractivity contribution in [3.8, 4) is 22.3 Å². The third-order valence-corrected chi connectivity index (χ3v) is 7.91. The van der Waals surface area contributed by atoms with E-state index in [1.165, 1.54) is 12.5 Å². The predicted molar refractivity (Wildman–Crippen MR) is 125 cm³/mol. The molecule has 7 heteroatoms. The Morgan fingerprint density at radius 1 is 0.938 bits per heavy atom. The van der Waals surface area contributed by atoms with Crippen LogP contribution in [0.1, 0.15) is 29.8 Å². The maximum absolute atomic E-state index is 12.5. The van der Waals surface area contributed by atoms with Crippen LogP contribution in [0.15, 0.2) is 73.2 Å². The number of hydrogen-bond acceptors (Lipinski definition) is 5. The predicted octanol–water partition coefficient (Wildman–Crippen LogP) is 4.94. The summed E-state index contributed by atoms with van der Waals surface area (Å²) in [5.74, 6) is -1.04. The molecule has 0 atom stereocenters. The van der Waals surface area contributed by atoms with E-state index in [1.54, 1.807) is 32.3 Å². The highest BCUT2D eigenvalue weighted by Gasteiger charge is 2.33. The molecular formula is C25H22N2O4S. The molecule has 4 rings (SSSR count). The molecule has 0 aliphatic carbocycles. The van der Waals surface area contributed by atoms with E-state index in [0.717, 1.165) is 27.6 Å². The van der Waals surface area contributed by atoms with Gasteiger partial charge in [-0.15, -0.1) is 0 Å². The average Bonchev–Trinajstić information content (AvgIpc) is 2.77. The minimum absolute atomic E-state index is 0.108. The van der Waals surface area contributed by atoms with Crippen molar-refractivity contribution in [3.05, 3.63) is 84.3 Å². The summed E-state index contributed by atoms with van der Waals surface area (Å²) in [6, 6.07) is 16.7. The van der Waals surface area contributed by atoms with E-state index in [2.05, 4.69) is 9.97 Å². The number of hydrogen-bond donors (Lipinski definition) is 1. The molecule has 0 fully saturated rings. The van der Waals surface area contributed by atoms with Gasteiger partial charge in [-0.2, -0.15) is 0 Å². The number of nitrogens with zero attached hydrogens (tertiary/aromatic N) is 2. The first-order chi connectivity index (χ1) is 15.1. The molecular weight excluding hydrogens is 424 g/mol. The summed E-state index contributed by atoms with van der Waals surface area (Å²) < 4.78 is 23.9. The molecule has 0 saturated carbocycles. The number of carboxylic acid groups (broad SMARTS) is 1. The molecule has 2 heterocycles. The van der Waals surface area contributed by atoms with Crippen LogP contribution in [0.3, 0.4) is 0 Å². The molecule has 0 aliphatic rings. The zero-order valence-corrected chi connectivity index (χ0v) is 18.7. The van der Waals surface area contributed by atoms with Crippen LogP contribution >= 0.6 is 0 Å². The molecule has 2 aromatic heterocycles. The average molecular weight is 447 g/mol. The van der Waals surface area contributed by atoms with Crippen LogP contribution in [0.2, 0.25) is 0 Å². The lowest BCUT2D eigenvalue weighted by Crippen LogP contribution is -2.28. The first-order valence-corrected chi connectivity index (χ1v) is 11.8. The maximum atomic E-state index is 12.5. The monoisotopic (exact) mass is 446 g/mol. The summed E-state index contributed by atoms with van der Waals surface area (Å²) in [6.45, 7) is 3.40. The standard InChI is InChI=1S/C25H22N2O4S/c1-25(2,32(3,30)31)21-12-18-8-5-9-27-23(18)22(13-21)17-7-4-6-16(10-17)19-11-20(24(28)29)15-26-14-19/h4-15H,1-3H3,(H,28,29). The highest BCUT2D eigenvalue weighted by molar-refractivity contribution is 7.91. The molecule has 0 aliphatic heterocycles. The molecule has 2 aromatic carbocycles. The summed E-state index contributed by atoms with van der Waals surface area (Å²) in [5.41, 5.74) is 4.67. The Morgan fingerprint density at radius 3 is 2.41 bits per heavy atom. The van der Waals surface area contributed by atoms with Gasteiger partial charge in [0.1, 0.15) is 0 Å². The van der Waals surface area contributed by atoms with E-state index in [9.17, 15) is 18.3 Å². The van der Waals surface area contributed by atoms with Crippen LogP contribution < -0.4 is 0 Å². The number of carbonyl (C=O) groups is 1. The van der Waals surface area contributed by atoms with Crippen molar-refractivity contribution in [1.29, 1.82) is 0 Å². The number of pyridine rings is 2. The van der Waals surface area contributed by atoms with Crippen LogP contribution in [-0.4, -0.2) is 35.7 Å². The van der Waals surface area contributed by atoms with Gasteiger partial charge in [0.05, 0.1) is 15.8 Å². The van der Waals surface area contributed by atoms with E-state index in [-0.39, 0.29) is 5.56 Å². The molecule has 0 amide bonds. The van der Waals surface area contributed by atoms with E-state index >= 15 is 0 Å². The van der Waals surface area contributed by atoms with Crippen LogP contribution in [0.25, 0.3) is 33.2 Å². The largest absolute Gasteiger partial charge is 0.478 e. The molecule has 0 bridgehead atoms. The van der Waals surface area contributed by atoms with E-state index in [0.29, 0.717) is 11.1 Å². The summed E-state index contributed by atoms with van der Waals surface area (Å²) >= 11 is 0. The number of aromatic nitrogens is 2. The highest BCUT2D eigenvalue weighted by Crippen LogP contribution is 2.37. The lowest BCUT2D eigenvalue weighted by atomic mass is 9.92. The molecule has 0 unspecified atom stereocenters. The Labute approximate surface area is 186 Å². The molecule has 0 spiro atoms. The van der Waals surface area contributed by atoms with Gasteiger partial charge in [0, 0.05) is 41.4 Å². The number of carboxylic acids is 1. The Kier molecular flexibility index (Phi) is 5.30. The number of sulfone groups is 1. The topological polar surface area (TPSA) is 97.2 Å². The molecule has 0 saturated heterocycles. The Bertz CT molecular complexity index is 1460. The Balaban J connectivity index is 1.94. The van der Waals surface area contributed by atoms with E-state index < -0.39 is 20.6 Å². The van der Waals surface area contributed by atoms with Crippen LogP contribution in [-0.2, 0) is 14.6 Å². The molecule has 162 valence electrons. The first-order valence-electron chi connectivity index (χ1n) is 9.96. The fourth-order valence-corrected chi connectivity index (χ4v) is 4.10. The Morgan fingerprint density at radius 2 is 1.69 bits per heavy atom. The van der Waals surface area contributed by atoms with Crippen molar-refractivity contribution < 1.29 is 18.3 Å². The van der Waals surface area contributed by atoms with Gasteiger partial charge < -0.3 is 5.11 Å². The fraction of sp³-hybridized carbons (Fsp3) is 0.160. The van der Waals surface area contributed by atoms with Crippen LogP contribution in [0.5, 0.6) is 0 Å². The summed E-state index contributed by atoms with van der Waals surface area (Å²) in [6.07, 6.45) is 5.87. The quantitative estimate of drug-likeness (QED) is 0.466. The summed E-state index contributed by atoms with van der Waals surface area (Å²) in [7, 11) is -3.37. The minimum Gasteiger partial charge on any atom is -0.478 e. The minimum atomic E-state index is -3.37. The van der Waals surface area contributed by atoms with E-state index in [4.69, 9.17) is 0 Å². The third kappa shape index (κ3) is 3.87. The second kappa shape index (κ2) is 7.84. The highest BCUT2D eigenvalue weighted by atomic mass is 32.2. The van der Waals surface area contributed by atoms with Crippen LogP contribution in [0.4, 0.5) is 0 Å². The van der Waals surface area contributed by atoms with Gasteiger partial charge in [-0.1, -0.05) is 24.3 Å². The normalized spacial score (nSPS) is 12.1. The number of fused-ring (bicyclic) bond motifs is 1. The second-order valence-corrected chi connectivity index (χ2v) is 10.8. The first kappa shape index (κ1) is 21.6. The number of benzene rings is 2. The van der Waals surface area contributed by atoms with Gasteiger partial charge in [0.15, 0.2) is 9.84 Å². The maximum Gasteiger partial charge on any atom is 0.337 e. The molecule has 0 radical (unpaired) electrons. The van der Waals surface area contributed by atoms with E-state index in [1.807, 2.05) is 48.5 Å². The fourth-order valence-electron chi connectivity index (χ4n) is 3.56. The van der Waals surface area contributed by atoms with Crippen molar-refractivity contribution in [2.75, 3.05) is 6.26 Å². The molecule has 6 nitrogen and oxygen atoms in total. The van der Waals surface area contributed by atoms with Gasteiger partial charge in [0.2, 0.25) is 0 Å². The van der Waals surface area contributed by atoms with Crippen LogP contribution in [0, 0.1) is 0 Å².